The lowest BCUT2D eigenvalue weighted by atomic mass is 10.1. The largest absolute Gasteiger partial charge is 0.416 e. The van der Waals surface area contributed by atoms with Crippen LogP contribution in [-0.2, 0) is 16.2 Å². The molecule has 0 aromatic heterocycles. The number of nitrogens with one attached hydrogen (secondary N) is 1. The van der Waals surface area contributed by atoms with Crippen molar-refractivity contribution < 1.29 is 26.0 Å². The Bertz CT molecular complexity index is 857. The fourth-order valence-electron chi connectivity index (χ4n) is 1.86. The Morgan fingerprint density at radius 1 is 1.04 bits per heavy atom. The second-order valence-corrected chi connectivity index (χ2v) is 6.55. The summed E-state index contributed by atoms with van der Waals surface area (Å²) in [4.78, 5) is 0. The maximum Gasteiger partial charge on any atom is 0.416 e. The second kappa shape index (κ2) is 6.64. The van der Waals surface area contributed by atoms with Gasteiger partial charge in [0, 0.05) is 5.56 Å². The molecular weight excluding hydrogens is 346 g/mol. The Morgan fingerprint density at radius 3 is 2.25 bits per heavy atom. The molecule has 0 saturated carbocycles. The van der Waals surface area contributed by atoms with E-state index < -0.39 is 27.6 Å². The van der Waals surface area contributed by atoms with Crippen molar-refractivity contribution in [1.29, 1.82) is 0 Å². The van der Waals surface area contributed by atoms with E-state index in [2.05, 4.69) is 4.72 Å². The smallest absolute Gasteiger partial charge is 0.280 e. The lowest BCUT2D eigenvalue weighted by Gasteiger charge is -2.08. The van der Waals surface area contributed by atoms with Crippen LogP contribution in [0.15, 0.2) is 47.9 Å². The normalized spacial score (nSPS) is 12.5. The number of rotatable bonds is 4. The Labute approximate surface area is 136 Å². The van der Waals surface area contributed by atoms with Gasteiger partial charge in [-0.1, -0.05) is 18.2 Å². The summed E-state index contributed by atoms with van der Waals surface area (Å²) >= 11 is 0. The van der Waals surface area contributed by atoms with Gasteiger partial charge in [-0.3, -0.25) is 4.72 Å². The zero-order valence-electron chi connectivity index (χ0n) is 12.4. The van der Waals surface area contributed by atoms with Gasteiger partial charge in [-0.15, -0.1) is 0 Å². The zero-order chi connectivity index (χ0) is 18.0. The van der Waals surface area contributed by atoms with Crippen LogP contribution in [0.4, 0.5) is 23.2 Å². The van der Waals surface area contributed by atoms with Crippen LogP contribution in [0.5, 0.6) is 0 Å². The van der Waals surface area contributed by atoms with E-state index in [4.69, 9.17) is 0 Å². The molecule has 0 heterocycles. The maximum absolute atomic E-state index is 13.4. The van der Waals surface area contributed by atoms with Gasteiger partial charge in [-0.2, -0.15) is 13.2 Å². The first-order chi connectivity index (χ1) is 11.1. The highest BCUT2D eigenvalue weighted by Gasteiger charge is 2.29. The minimum atomic E-state index is -4.45. The second-order valence-electron chi connectivity index (χ2n) is 4.98. The van der Waals surface area contributed by atoms with Gasteiger partial charge in [0.15, 0.2) is 0 Å². The summed E-state index contributed by atoms with van der Waals surface area (Å²) in [5.74, 6) is -0.554. The van der Waals surface area contributed by atoms with Crippen LogP contribution in [0.1, 0.15) is 16.7 Å². The third-order valence-corrected chi connectivity index (χ3v) is 4.20. The molecule has 0 bridgehead atoms. The molecule has 0 amide bonds. The highest BCUT2D eigenvalue weighted by atomic mass is 32.2. The molecule has 0 saturated heterocycles. The summed E-state index contributed by atoms with van der Waals surface area (Å²) in [5.41, 5.74) is -0.309. The number of hydrogen-bond donors (Lipinski definition) is 1. The topological polar surface area (TPSA) is 46.2 Å². The third-order valence-electron chi connectivity index (χ3n) is 3.20. The molecule has 8 heteroatoms. The minimum Gasteiger partial charge on any atom is -0.280 e. The fraction of sp³-hybridized carbons (Fsp3) is 0.125. The molecule has 2 rings (SSSR count). The van der Waals surface area contributed by atoms with Crippen molar-refractivity contribution in [2.45, 2.75) is 13.1 Å². The molecule has 1 N–H and O–H groups in total. The molecule has 0 atom stereocenters. The molecule has 0 aliphatic carbocycles. The first-order valence-corrected chi connectivity index (χ1v) is 8.26. The number of hydrogen-bond acceptors (Lipinski definition) is 2. The van der Waals surface area contributed by atoms with E-state index in [9.17, 15) is 26.0 Å². The first-order valence-electron chi connectivity index (χ1n) is 6.72. The lowest BCUT2D eigenvalue weighted by Crippen LogP contribution is -2.10. The molecule has 24 heavy (non-hydrogen) atoms. The molecule has 2 aromatic carbocycles. The van der Waals surface area contributed by atoms with Gasteiger partial charge in [0.1, 0.15) is 5.82 Å². The van der Waals surface area contributed by atoms with Crippen molar-refractivity contribution in [2.75, 3.05) is 4.72 Å². The number of anilines is 1. The van der Waals surface area contributed by atoms with Crippen LogP contribution in [0.3, 0.4) is 0 Å². The van der Waals surface area contributed by atoms with Gasteiger partial charge < -0.3 is 0 Å². The van der Waals surface area contributed by atoms with Gasteiger partial charge >= 0.3 is 6.18 Å². The predicted molar refractivity (Wildman–Crippen MR) is 84.2 cm³/mol. The SMILES string of the molecule is Cc1c(F)cccc1NS(=O)(=O)/C=C/c1ccc(C(F)(F)F)cc1. The van der Waals surface area contributed by atoms with Crippen LogP contribution in [0, 0.1) is 12.7 Å². The van der Waals surface area contributed by atoms with Gasteiger partial charge in [-0.05, 0) is 42.8 Å². The van der Waals surface area contributed by atoms with Crippen LogP contribution in [0.2, 0.25) is 0 Å². The summed E-state index contributed by atoms with van der Waals surface area (Å²) in [7, 11) is -3.93. The highest BCUT2D eigenvalue weighted by Crippen LogP contribution is 2.29. The number of alkyl halides is 3. The van der Waals surface area contributed by atoms with E-state index in [1.54, 1.807) is 0 Å². The van der Waals surface area contributed by atoms with E-state index in [0.29, 0.717) is 0 Å². The highest BCUT2D eigenvalue weighted by molar-refractivity contribution is 7.95. The van der Waals surface area contributed by atoms with Crippen molar-refractivity contribution in [3.63, 3.8) is 0 Å². The van der Waals surface area contributed by atoms with Gasteiger partial charge in [-0.25, -0.2) is 12.8 Å². The Hall–Kier alpha value is -2.35. The molecule has 2 aromatic rings. The number of sulfonamides is 1. The van der Waals surface area contributed by atoms with Crippen molar-refractivity contribution in [2.24, 2.45) is 0 Å². The fourth-order valence-corrected chi connectivity index (χ4v) is 2.79. The van der Waals surface area contributed by atoms with Crippen molar-refractivity contribution in [1.82, 2.24) is 0 Å². The maximum atomic E-state index is 13.4. The third kappa shape index (κ3) is 4.58. The molecular formula is C16H13F4NO2S. The molecule has 0 radical (unpaired) electrons. The molecule has 0 unspecified atom stereocenters. The molecule has 0 aliphatic rings. The van der Waals surface area contributed by atoms with E-state index >= 15 is 0 Å². The summed E-state index contributed by atoms with van der Waals surface area (Å²) in [5, 5.41) is 0.805. The number of benzene rings is 2. The van der Waals surface area contributed by atoms with Crippen molar-refractivity contribution in [3.8, 4) is 0 Å². The Balaban J connectivity index is 2.17. The van der Waals surface area contributed by atoms with Gasteiger partial charge in [0.25, 0.3) is 10.0 Å². The summed E-state index contributed by atoms with van der Waals surface area (Å²) in [6, 6.07) is 7.99. The monoisotopic (exact) mass is 359 g/mol. The van der Waals surface area contributed by atoms with Crippen molar-refractivity contribution in [3.05, 3.63) is 70.4 Å². The van der Waals surface area contributed by atoms with Gasteiger partial charge in [0.2, 0.25) is 0 Å². The molecule has 3 nitrogen and oxygen atoms in total. The van der Waals surface area contributed by atoms with Gasteiger partial charge in [0.05, 0.1) is 16.7 Å². The van der Waals surface area contributed by atoms with Crippen LogP contribution >= 0.6 is 0 Å². The van der Waals surface area contributed by atoms with Crippen LogP contribution < -0.4 is 4.72 Å². The minimum absolute atomic E-state index is 0.0899. The average Bonchev–Trinajstić information content (AvgIpc) is 2.49. The van der Waals surface area contributed by atoms with E-state index in [1.165, 1.54) is 25.1 Å². The quantitative estimate of drug-likeness (QED) is 0.813. The zero-order valence-corrected chi connectivity index (χ0v) is 13.2. The number of halogens is 4. The first kappa shape index (κ1) is 18.0. The molecule has 0 spiro atoms. The van der Waals surface area contributed by atoms with Crippen LogP contribution in [-0.4, -0.2) is 8.42 Å². The van der Waals surface area contributed by atoms with Crippen molar-refractivity contribution >= 4 is 21.8 Å². The lowest BCUT2D eigenvalue weighted by molar-refractivity contribution is -0.137. The molecule has 0 fully saturated rings. The van der Waals surface area contributed by atoms with E-state index in [0.717, 1.165) is 35.7 Å². The van der Waals surface area contributed by atoms with E-state index in [-0.39, 0.29) is 16.8 Å². The molecule has 128 valence electrons. The van der Waals surface area contributed by atoms with Crippen LogP contribution in [0.25, 0.3) is 6.08 Å². The summed E-state index contributed by atoms with van der Waals surface area (Å²) in [6.45, 7) is 1.42. The Kier molecular flexibility index (Phi) is 4.98. The summed E-state index contributed by atoms with van der Waals surface area (Å²) < 4.78 is 76.9. The predicted octanol–water partition coefficient (Wildman–Crippen LogP) is 4.57. The standard InChI is InChI=1S/C16H13F4NO2S/c1-11-14(17)3-2-4-15(11)21-24(22,23)10-9-12-5-7-13(8-6-12)16(18,19)20/h2-10,21H,1H3/b10-9+. The Morgan fingerprint density at radius 2 is 1.67 bits per heavy atom. The average molecular weight is 359 g/mol. The van der Waals surface area contributed by atoms with E-state index in [1.807, 2.05) is 0 Å². The molecule has 0 aliphatic heterocycles. The summed E-state index contributed by atoms with van der Waals surface area (Å²) in [6.07, 6.45) is -3.30.